The molecule has 0 fully saturated rings. The minimum atomic E-state index is -0.855. The van der Waals surface area contributed by atoms with E-state index < -0.39 is 17.5 Å². The molecular formula is C19H15BrF2N4OS. The number of carbonyl (C=O) groups is 1. The van der Waals surface area contributed by atoms with Gasteiger partial charge in [0.25, 0.3) is 0 Å². The minimum Gasteiger partial charge on any atom is -0.322 e. The average molecular weight is 465 g/mol. The number of amides is 1. The number of carbonyl (C=O) groups excluding carboxylic acids is 1. The van der Waals surface area contributed by atoms with E-state index in [4.69, 9.17) is 0 Å². The fourth-order valence-electron chi connectivity index (χ4n) is 2.46. The largest absolute Gasteiger partial charge is 0.322 e. The second kappa shape index (κ2) is 9.11. The van der Waals surface area contributed by atoms with Gasteiger partial charge in [-0.05, 0) is 22.0 Å². The number of halogens is 3. The van der Waals surface area contributed by atoms with Crippen LogP contribution in [-0.2, 0) is 11.3 Å². The Hall–Kier alpha value is -2.52. The molecule has 144 valence electrons. The predicted octanol–water partition coefficient (Wildman–Crippen LogP) is 4.90. The second-order valence-electron chi connectivity index (χ2n) is 5.65. The van der Waals surface area contributed by atoms with Crippen molar-refractivity contribution < 1.29 is 13.6 Å². The first kappa shape index (κ1) is 20.2. The van der Waals surface area contributed by atoms with E-state index in [1.807, 2.05) is 34.9 Å². The van der Waals surface area contributed by atoms with Gasteiger partial charge in [0.15, 0.2) is 16.8 Å². The fraction of sp³-hybridized carbons (Fsp3) is 0.105. The van der Waals surface area contributed by atoms with E-state index in [2.05, 4.69) is 38.0 Å². The molecule has 0 aliphatic heterocycles. The topological polar surface area (TPSA) is 59.8 Å². The lowest BCUT2D eigenvalue weighted by Gasteiger charge is -2.10. The van der Waals surface area contributed by atoms with E-state index in [1.165, 1.54) is 0 Å². The second-order valence-corrected chi connectivity index (χ2v) is 7.45. The number of benzene rings is 2. The predicted molar refractivity (Wildman–Crippen MR) is 109 cm³/mol. The lowest BCUT2D eigenvalue weighted by atomic mass is 10.2. The van der Waals surface area contributed by atoms with Crippen molar-refractivity contribution in [2.75, 3.05) is 11.1 Å². The van der Waals surface area contributed by atoms with Crippen LogP contribution in [0.15, 0.2) is 64.7 Å². The molecule has 3 aromatic rings. The van der Waals surface area contributed by atoms with Gasteiger partial charge in [0.05, 0.1) is 11.4 Å². The molecule has 0 aliphatic rings. The van der Waals surface area contributed by atoms with E-state index >= 15 is 0 Å². The summed E-state index contributed by atoms with van der Waals surface area (Å²) in [5, 5.41) is 11.3. The summed E-state index contributed by atoms with van der Waals surface area (Å²) in [4.78, 5) is 12.2. The molecule has 1 amide bonds. The van der Waals surface area contributed by atoms with Gasteiger partial charge in [0.1, 0.15) is 5.82 Å². The Morgan fingerprint density at radius 2 is 2.00 bits per heavy atom. The van der Waals surface area contributed by atoms with Crippen LogP contribution in [0.25, 0.3) is 11.4 Å². The van der Waals surface area contributed by atoms with Crippen LogP contribution in [0.3, 0.4) is 0 Å². The number of rotatable bonds is 7. The number of allylic oxidation sites excluding steroid dienone is 1. The average Bonchev–Trinajstić information content (AvgIpc) is 3.07. The van der Waals surface area contributed by atoms with Crippen molar-refractivity contribution in [1.29, 1.82) is 0 Å². The number of hydrogen-bond donors (Lipinski definition) is 1. The van der Waals surface area contributed by atoms with Crippen LogP contribution in [0.2, 0.25) is 0 Å². The fourth-order valence-corrected chi connectivity index (χ4v) is 3.71. The van der Waals surface area contributed by atoms with Crippen LogP contribution >= 0.6 is 27.7 Å². The third-order valence-corrected chi connectivity index (χ3v) is 5.26. The Morgan fingerprint density at radius 1 is 1.25 bits per heavy atom. The first-order valence-corrected chi connectivity index (χ1v) is 9.94. The summed E-state index contributed by atoms with van der Waals surface area (Å²) in [6.07, 6.45) is 1.71. The molecule has 0 spiro atoms. The molecule has 0 unspecified atom stereocenters. The summed E-state index contributed by atoms with van der Waals surface area (Å²) in [7, 11) is 0. The van der Waals surface area contributed by atoms with Crippen molar-refractivity contribution >= 4 is 39.3 Å². The summed E-state index contributed by atoms with van der Waals surface area (Å²) >= 11 is 4.21. The monoisotopic (exact) mass is 464 g/mol. The smallest absolute Gasteiger partial charge is 0.234 e. The zero-order chi connectivity index (χ0) is 20.1. The van der Waals surface area contributed by atoms with Crippen molar-refractivity contribution in [2.24, 2.45) is 0 Å². The van der Waals surface area contributed by atoms with Gasteiger partial charge in [0, 0.05) is 22.6 Å². The van der Waals surface area contributed by atoms with Gasteiger partial charge in [-0.1, -0.05) is 48.2 Å². The zero-order valence-electron chi connectivity index (χ0n) is 14.5. The number of hydrogen-bond acceptors (Lipinski definition) is 4. The molecule has 0 bridgehead atoms. The Balaban J connectivity index is 1.73. The molecular weight excluding hydrogens is 450 g/mol. The molecule has 28 heavy (non-hydrogen) atoms. The summed E-state index contributed by atoms with van der Waals surface area (Å²) in [6.45, 7) is 4.22. The number of nitrogens with zero attached hydrogens (tertiary/aromatic N) is 3. The van der Waals surface area contributed by atoms with Crippen LogP contribution in [0.4, 0.5) is 14.5 Å². The molecule has 0 saturated carbocycles. The molecule has 1 heterocycles. The van der Waals surface area contributed by atoms with Gasteiger partial charge in [-0.3, -0.25) is 9.36 Å². The maximum absolute atomic E-state index is 13.9. The van der Waals surface area contributed by atoms with Gasteiger partial charge in [-0.15, -0.1) is 16.8 Å². The van der Waals surface area contributed by atoms with Crippen LogP contribution in [0.1, 0.15) is 0 Å². The number of thioether (sulfide) groups is 1. The van der Waals surface area contributed by atoms with E-state index in [0.29, 0.717) is 23.6 Å². The normalized spacial score (nSPS) is 10.7. The Bertz CT molecular complexity index is 987. The minimum absolute atomic E-state index is 0.0205. The van der Waals surface area contributed by atoms with Crippen molar-refractivity contribution in [1.82, 2.24) is 14.8 Å². The highest BCUT2D eigenvalue weighted by molar-refractivity contribution is 9.10. The maximum atomic E-state index is 13.9. The standard InChI is InChI=1S/C19H15BrF2N4OS/c1-2-8-26-18(12-6-4-3-5-7-12)24-25-19(26)28-11-16(27)23-17-14(20)9-13(21)10-15(17)22/h2-7,9-10H,1,8,11H2,(H,23,27). The highest BCUT2D eigenvalue weighted by Gasteiger charge is 2.17. The molecule has 9 heteroatoms. The summed E-state index contributed by atoms with van der Waals surface area (Å²) in [5.74, 6) is -1.40. The van der Waals surface area contributed by atoms with Crippen molar-refractivity contribution in [2.45, 2.75) is 11.7 Å². The number of nitrogens with one attached hydrogen (secondary N) is 1. The molecule has 0 saturated heterocycles. The van der Waals surface area contributed by atoms with Crippen molar-refractivity contribution in [3.8, 4) is 11.4 Å². The van der Waals surface area contributed by atoms with E-state index in [-0.39, 0.29) is 15.9 Å². The van der Waals surface area contributed by atoms with Crippen LogP contribution in [0, 0.1) is 11.6 Å². The first-order valence-electron chi connectivity index (χ1n) is 8.16. The van der Waals surface area contributed by atoms with Gasteiger partial charge in [0.2, 0.25) is 5.91 Å². The molecule has 1 aromatic heterocycles. The van der Waals surface area contributed by atoms with Crippen molar-refractivity contribution in [3.05, 3.63) is 71.2 Å². The van der Waals surface area contributed by atoms with Crippen LogP contribution < -0.4 is 5.32 Å². The van der Waals surface area contributed by atoms with Gasteiger partial charge in [-0.25, -0.2) is 8.78 Å². The SMILES string of the molecule is C=CCn1c(SCC(=O)Nc2c(F)cc(F)cc2Br)nnc1-c1ccccc1. The van der Waals surface area contributed by atoms with Crippen LogP contribution in [-0.4, -0.2) is 26.4 Å². The molecule has 2 aromatic carbocycles. The maximum Gasteiger partial charge on any atom is 0.234 e. The van der Waals surface area contributed by atoms with Crippen molar-refractivity contribution in [3.63, 3.8) is 0 Å². The Morgan fingerprint density at radius 3 is 2.68 bits per heavy atom. The van der Waals surface area contributed by atoms with Gasteiger partial charge < -0.3 is 5.32 Å². The Labute approximate surface area is 173 Å². The third-order valence-electron chi connectivity index (χ3n) is 3.66. The third kappa shape index (κ3) is 4.66. The molecule has 0 atom stereocenters. The van der Waals surface area contributed by atoms with Crippen LogP contribution in [0.5, 0.6) is 0 Å². The summed E-state index contributed by atoms with van der Waals surface area (Å²) in [5.41, 5.74) is 0.787. The molecule has 3 rings (SSSR count). The van der Waals surface area contributed by atoms with E-state index in [0.717, 1.165) is 23.4 Å². The zero-order valence-corrected chi connectivity index (χ0v) is 16.9. The van der Waals surface area contributed by atoms with Gasteiger partial charge >= 0.3 is 0 Å². The molecule has 0 radical (unpaired) electrons. The quantitative estimate of drug-likeness (QED) is 0.398. The Kier molecular flexibility index (Phi) is 6.58. The number of anilines is 1. The molecule has 0 aliphatic carbocycles. The summed E-state index contributed by atoms with van der Waals surface area (Å²) in [6, 6.07) is 11.3. The van der Waals surface area contributed by atoms with Gasteiger partial charge in [-0.2, -0.15) is 0 Å². The number of aromatic nitrogens is 3. The first-order chi connectivity index (χ1) is 13.5. The highest BCUT2D eigenvalue weighted by atomic mass is 79.9. The lowest BCUT2D eigenvalue weighted by Crippen LogP contribution is -2.16. The van der Waals surface area contributed by atoms with E-state index in [1.54, 1.807) is 6.08 Å². The molecule has 5 nitrogen and oxygen atoms in total. The highest BCUT2D eigenvalue weighted by Crippen LogP contribution is 2.28. The molecule has 1 N–H and O–H groups in total. The lowest BCUT2D eigenvalue weighted by molar-refractivity contribution is -0.113. The van der Waals surface area contributed by atoms with E-state index in [9.17, 15) is 13.6 Å². The summed E-state index contributed by atoms with van der Waals surface area (Å²) < 4.78 is 29.0.